The maximum Gasteiger partial charge on any atom is 0.298 e. The molecule has 0 aromatic heterocycles. The van der Waals surface area contributed by atoms with Crippen LogP contribution in [-0.2, 0) is 4.79 Å². The van der Waals surface area contributed by atoms with Gasteiger partial charge in [-0.1, -0.05) is 68.5 Å². The lowest BCUT2D eigenvalue weighted by Gasteiger charge is -2.30. The number of carbonyl (C=O) groups is 1. The van der Waals surface area contributed by atoms with Crippen molar-refractivity contribution in [3.05, 3.63) is 107 Å². The number of allylic oxidation sites excluding steroid dienone is 4. The number of benzene rings is 2. The van der Waals surface area contributed by atoms with Crippen molar-refractivity contribution in [1.29, 1.82) is 0 Å². The van der Waals surface area contributed by atoms with E-state index in [2.05, 4.69) is 54.6 Å². The summed E-state index contributed by atoms with van der Waals surface area (Å²) in [6, 6.07) is 16.2. The molecular weight excluding hydrogens is 543 g/mol. The van der Waals surface area contributed by atoms with Gasteiger partial charge in [-0.05, 0) is 87.7 Å². The highest BCUT2D eigenvalue weighted by Gasteiger charge is 2.18. The lowest BCUT2D eigenvalue weighted by Crippen LogP contribution is -2.33. The Morgan fingerprint density at radius 3 is 2.38 bits per heavy atom. The SMILES string of the molecule is C/C1=C\CCC(Cl)/C=C(\C)C2=C(CN(C)CC2)N1.C=CCOc1ccccc1.CC.O=COc1ccc(Cl)cc1. The minimum absolute atomic E-state index is 0.153. The summed E-state index contributed by atoms with van der Waals surface area (Å²) in [7, 11) is 2.17. The minimum Gasteiger partial charge on any atom is -0.490 e. The molecule has 1 unspecified atom stereocenters. The van der Waals surface area contributed by atoms with Crippen molar-refractivity contribution in [3.8, 4) is 11.5 Å². The summed E-state index contributed by atoms with van der Waals surface area (Å²) in [4.78, 5) is 12.2. The van der Waals surface area contributed by atoms with E-state index in [9.17, 15) is 4.79 Å². The normalized spacial score (nSPS) is 19.3. The summed E-state index contributed by atoms with van der Waals surface area (Å²) >= 11 is 11.9. The number of para-hydroxylation sites is 1. The molecule has 0 saturated heterocycles. The van der Waals surface area contributed by atoms with Gasteiger partial charge in [0.05, 0.1) is 5.38 Å². The first-order valence-electron chi connectivity index (χ1n) is 13.6. The largest absolute Gasteiger partial charge is 0.490 e. The first kappa shape index (κ1) is 35.0. The van der Waals surface area contributed by atoms with Crippen LogP contribution < -0.4 is 14.8 Å². The summed E-state index contributed by atoms with van der Waals surface area (Å²) in [5.74, 6) is 1.39. The van der Waals surface area contributed by atoms with Crippen molar-refractivity contribution in [1.82, 2.24) is 10.2 Å². The second-order valence-electron chi connectivity index (χ2n) is 8.98. The highest BCUT2D eigenvalue weighted by molar-refractivity contribution is 6.30. The van der Waals surface area contributed by atoms with Crippen molar-refractivity contribution in [2.24, 2.45) is 0 Å². The molecule has 1 N–H and O–H groups in total. The molecule has 0 fully saturated rings. The van der Waals surface area contributed by atoms with Crippen LogP contribution in [0.4, 0.5) is 0 Å². The fourth-order valence-corrected chi connectivity index (χ4v) is 4.33. The average molecular weight is 588 g/mol. The molecule has 218 valence electrons. The van der Waals surface area contributed by atoms with Gasteiger partial charge in [0, 0.05) is 29.5 Å². The zero-order valence-electron chi connectivity index (χ0n) is 24.5. The van der Waals surface area contributed by atoms with Gasteiger partial charge >= 0.3 is 0 Å². The number of ether oxygens (including phenoxy) is 2. The van der Waals surface area contributed by atoms with Crippen molar-refractivity contribution in [2.45, 2.75) is 52.3 Å². The summed E-state index contributed by atoms with van der Waals surface area (Å²) < 4.78 is 9.76. The molecule has 2 aliphatic heterocycles. The Bertz CT molecular complexity index is 1100. The van der Waals surface area contributed by atoms with Crippen LogP contribution in [0.5, 0.6) is 11.5 Å². The van der Waals surface area contributed by atoms with E-state index in [0.29, 0.717) is 23.9 Å². The maximum atomic E-state index is 9.80. The Balaban J connectivity index is 0.000000311. The van der Waals surface area contributed by atoms with E-state index in [1.54, 1.807) is 30.3 Å². The molecule has 1 atom stereocenters. The number of nitrogens with zero attached hydrogens (tertiary/aromatic N) is 1. The topological polar surface area (TPSA) is 50.8 Å². The molecule has 2 aliphatic rings. The number of hydrogen-bond acceptors (Lipinski definition) is 5. The maximum absolute atomic E-state index is 9.80. The Labute approximate surface area is 251 Å². The average Bonchev–Trinajstić information content (AvgIpc) is 2.95. The van der Waals surface area contributed by atoms with Crippen LogP contribution in [0.25, 0.3) is 0 Å². The quantitative estimate of drug-likeness (QED) is 0.216. The molecular formula is C33H44Cl2N2O3. The molecule has 0 amide bonds. The van der Waals surface area contributed by atoms with E-state index in [4.69, 9.17) is 27.9 Å². The van der Waals surface area contributed by atoms with Gasteiger partial charge in [0.15, 0.2) is 0 Å². The molecule has 2 aromatic rings. The third-order valence-electron chi connectivity index (χ3n) is 5.79. The van der Waals surface area contributed by atoms with E-state index < -0.39 is 0 Å². The molecule has 2 aromatic carbocycles. The molecule has 0 saturated carbocycles. The van der Waals surface area contributed by atoms with Gasteiger partial charge in [-0.15, -0.1) is 11.6 Å². The van der Waals surface area contributed by atoms with Gasteiger partial charge in [0.25, 0.3) is 6.47 Å². The van der Waals surface area contributed by atoms with Crippen LogP contribution >= 0.6 is 23.2 Å². The lowest BCUT2D eigenvalue weighted by atomic mass is 9.96. The smallest absolute Gasteiger partial charge is 0.298 e. The van der Waals surface area contributed by atoms with Crippen LogP contribution in [0.15, 0.2) is 102 Å². The van der Waals surface area contributed by atoms with Crippen LogP contribution in [0, 0.1) is 0 Å². The van der Waals surface area contributed by atoms with Crippen LogP contribution in [0.2, 0.25) is 5.02 Å². The Kier molecular flexibility index (Phi) is 18.3. The predicted octanol–water partition coefficient (Wildman–Crippen LogP) is 8.57. The molecule has 5 nitrogen and oxygen atoms in total. The van der Waals surface area contributed by atoms with Gasteiger partial charge in [-0.2, -0.15) is 0 Å². The standard InChI is InChI=1S/C15H23ClN2.C9H10O.C7H5ClO2.C2H6/c1-11-9-13(16)6-4-5-12(2)17-15-10-18(3)8-7-14(11)15;1-2-8-10-9-6-4-3-5-7-9;8-6-1-3-7(4-2-6)10-5-9;1-2/h5,9,13,17H,4,6-8,10H2,1-3H3;2-7H,1,8H2;1-5H;1-2H3/b11-9+,12-5+;;;. The van der Waals surface area contributed by atoms with Crippen LogP contribution in [0.3, 0.4) is 0 Å². The summed E-state index contributed by atoms with van der Waals surface area (Å²) in [6.45, 7) is 15.0. The van der Waals surface area contributed by atoms with E-state index in [1.807, 2.05) is 44.2 Å². The number of hydrogen-bond donors (Lipinski definition) is 1. The third kappa shape index (κ3) is 14.4. The number of halogens is 2. The van der Waals surface area contributed by atoms with Gasteiger partial charge in [0.2, 0.25) is 0 Å². The zero-order chi connectivity index (χ0) is 29.8. The Morgan fingerprint density at radius 1 is 1.07 bits per heavy atom. The highest BCUT2D eigenvalue weighted by Crippen LogP contribution is 2.26. The second-order valence-corrected chi connectivity index (χ2v) is 9.98. The minimum atomic E-state index is 0.153. The predicted molar refractivity (Wildman–Crippen MR) is 170 cm³/mol. The molecule has 7 heteroatoms. The number of nitrogens with one attached hydrogen (secondary N) is 1. The highest BCUT2D eigenvalue weighted by atomic mass is 35.5. The van der Waals surface area contributed by atoms with Crippen molar-refractivity contribution >= 4 is 29.7 Å². The monoisotopic (exact) mass is 586 g/mol. The van der Waals surface area contributed by atoms with E-state index in [-0.39, 0.29) is 5.38 Å². The summed E-state index contributed by atoms with van der Waals surface area (Å²) in [5.41, 5.74) is 5.39. The molecule has 0 bridgehead atoms. The zero-order valence-corrected chi connectivity index (χ0v) is 26.0. The molecule has 0 radical (unpaired) electrons. The molecule has 2 heterocycles. The second kappa shape index (κ2) is 20.8. The molecule has 0 aliphatic carbocycles. The number of rotatable bonds is 5. The summed E-state index contributed by atoms with van der Waals surface area (Å²) in [5, 5.41) is 4.36. The number of carbonyl (C=O) groups excluding carboxylic acids is 1. The first-order chi connectivity index (χ1) is 19.3. The van der Waals surface area contributed by atoms with Crippen molar-refractivity contribution in [3.63, 3.8) is 0 Å². The molecule has 4 rings (SSSR count). The fraction of sp³-hybridized carbons (Fsp3) is 0.364. The third-order valence-corrected chi connectivity index (χ3v) is 6.39. The van der Waals surface area contributed by atoms with Gasteiger partial charge in [-0.25, -0.2) is 0 Å². The lowest BCUT2D eigenvalue weighted by molar-refractivity contribution is -0.120. The van der Waals surface area contributed by atoms with Crippen LogP contribution in [-0.4, -0.2) is 43.5 Å². The van der Waals surface area contributed by atoms with Crippen LogP contribution in [0.1, 0.15) is 47.0 Å². The van der Waals surface area contributed by atoms with Gasteiger partial charge in [-0.3, -0.25) is 4.79 Å². The summed E-state index contributed by atoms with van der Waals surface area (Å²) in [6.07, 6.45) is 9.36. The van der Waals surface area contributed by atoms with Gasteiger partial charge < -0.3 is 19.7 Å². The molecule has 0 spiro atoms. The van der Waals surface area contributed by atoms with Gasteiger partial charge in [0.1, 0.15) is 18.1 Å². The van der Waals surface area contributed by atoms with Crippen molar-refractivity contribution < 1.29 is 14.3 Å². The Morgan fingerprint density at radius 2 is 1.75 bits per heavy atom. The molecule has 40 heavy (non-hydrogen) atoms. The van der Waals surface area contributed by atoms with E-state index in [0.717, 1.165) is 38.1 Å². The van der Waals surface area contributed by atoms with Crippen molar-refractivity contribution in [2.75, 3.05) is 26.7 Å². The Hall–Kier alpha value is -2.99. The first-order valence-corrected chi connectivity index (χ1v) is 14.5. The van der Waals surface area contributed by atoms with E-state index in [1.165, 1.54) is 22.5 Å². The number of likely N-dealkylation sites (N-methyl/N-ethyl adjacent to an activating group) is 1. The van der Waals surface area contributed by atoms with E-state index >= 15 is 0 Å². The fourth-order valence-electron chi connectivity index (χ4n) is 3.89. The number of alkyl halides is 1.